The van der Waals surface area contributed by atoms with Gasteiger partial charge in [-0.3, -0.25) is 4.79 Å². The monoisotopic (exact) mass is 381 g/mol. The highest BCUT2D eigenvalue weighted by Gasteiger charge is 2.18. The van der Waals surface area contributed by atoms with E-state index in [1.165, 1.54) is 24.3 Å². The van der Waals surface area contributed by atoms with Gasteiger partial charge in [0.25, 0.3) is 5.91 Å². The lowest BCUT2D eigenvalue weighted by molar-refractivity contribution is 0.0936. The highest BCUT2D eigenvalue weighted by molar-refractivity contribution is 5.94. The Bertz CT molecular complexity index is 959. The van der Waals surface area contributed by atoms with Crippen molar-refractivity contribution in [2.24, 2.45) is 0 Å². The van der Waals surface area contributed by atoms with Crippen LogP contribution in [0, 0.1) is 11.6 Å². The minimum absolute atomic E-state index is 0.288. The zero-order chi connectivity index (χ0) is 19.9. The van der Waals surface area contributed by atoms with Crippen molar-refractivity contribution < 1.29 is 18.3 Å². The smallest absolute Gasteiger partial charge is 0.251 e. The molecule has 1 amide bonds. The largest absolute Gasteiger partial charge is 0.380 e. The van der Waals surface area contributed by atoms with Gasteiger partial charge in [0.2, 0.25) is 0 Å². The van der Waals surface area contributed by atoms with Crippen LogP contribution in [0.4, 0.5) is 8.78 Å². The van der Waals surface area contributed by atoms with E-state index in [0.29, 0.717) is 29.7 Å². The van der Waals surface area contributed by atoms with Gasteiger partial charge < -0.3 is 10.1 Å². The number of halogens is 2. The zero-order valence-corrected chi connectivity index (χ0v) is 15.5. The summed E-state index contributed by atoms with van der Waals surface area (Å²) in [6.07, 6.45) is 0.338. The summed E-state index contributed by atoms with van der Waals surface area (Å²) in [7, 11) is 1.59. The minimum atomic E-state index is -0.504. The standard InChI is InChI=1S/C23H21F2NO2/c1-28-15-17-6-2-8-19(11-17)23(27)26-22(18-7-4-10-21(25)14-18)13-16-5-3-9-20(24)12-16/h2-12,14,22H,13,15H2,1H3,(H,26,27). The predicted molar refractivity (Wildman–Crippen MR) is 104 cm³/mol. The maximum Gasteiger partial charge on any atom is 0.251 e. The molecule has 3 nitrogen and oxygen atoms in total. The van der Waals surface area contributed by atoms with Crippen molar-refractivity contribution in [1.82, 2.24) is 5.32 Å². The van der Waals surface area contributed by atoms with E-state index in [0.717, 1.165) is 5.56 Å². The first-order valence-corrected chi connectivity index (χ1v) is 8.94. The highest BCUT2D eigenvalue weighted by Crippen LogP contribution is 2.21. The summed E-state index contributed by atoms with van der Waals surface area (Å²) in [4.78, 5) is 12.8. The molecule has 3 rings (SSSR count). The van der Waals surface area contributed by atoms with E-state index >= 15 is 0 Å². The van der Waals surface area contributed by atoms with Crippen LogP contribution in [0.15, 0.2) is 72.8 Å². The van der Waals surface area contributed by atoms with E-state index < -0.39 is 11.9 Å². The quantitative estimate of drug-likeness (QED) is 0.637. The summed E-state index contributed by atoms with van der Waals surface area (Å²) in [5.41, 5.74) is 2.69. The van der Waals surface area contributed by atoms with E-state index in [9.17, 15) is 13.6 Å². The molecule has 0 bridgehead atoms. The number of hydrogen-bond donors (Lipinski definition) is 1. The van der Waals surface area contributed by atoms with Crippen molar-refractivity contribution in [3.8, 4) is 0 Å². The van der Waals surface area contributed by atoms with Crippen molar-refractivity contribution in [3.63, 3.8) is 0 Å². The summed E-state index contributed by atoms with van der Waals surface area (Å²) in [6, 6.07) is 18.8. The summed E-state index contributed by atoms with van der Waals surface area (Å²) in [5, 5.41) is 2.95. The number of carbonyl (C=O) groups excluding carboxylic acids is 1. The van der Waals surface area contributed by atoms with Crippen LogP contribution >= 0.6 is 0 Å². The van der Waals surface area contributed by atoms with Crippen molar-refractivity contribution in [3.05, 3.63) is 107 Å². The number of rotatable bonds is 7. The number of nitrogens with one attached hydrogen (secondary N) is 1. The fraction of sp³-hybridized carbons (Fsp3) is 0.174. The topological polar surface area (TPSA) is 38.3 Å². The average Bonchev–Trinajstić information content (AvgIpc) is 2.68. The maximum absolute atomic E-state index is 13.7. The third kappa shape index (κ3) is 5.24. The Morgan fingerprint density at radius 2 is 1.61 bits per heavy atom. The van der Waals surface area contributed by atoms with Crippen LogP contribution in [0.5, 0.6) is 0 Å². The van der Waals surface area contributed by atoms with Gasteiger partial charge in [-0.15, -0.1) is 0 Å². The first-order valence-electron chi connectivity index (χ1n) is 8.94. The fourth-order valence-corrected chi connectivity index (χ4v) is 3.09. The minimum Gasteiger partial charge on any atom is -0.380 e. The third-order valence-corrected chi connectivity index (χ3v) is 4.39. The average molecular weight is 381 g/mol. The molecule has 3 aromatic rings. The number of carbonyl (C=O) groups is 1. The second-order valence-corrected chi connectivity index (χ2v) is 6.55. The van der Waals surface area contributed by atoms with Gasteiger partial charge in [0.15, 0.2) is 0 Å². The summed E-state index contributed by atoms with van der Waals surface area (Å²) in [5.74, 6) is -1.03. The van der Waals surface area contributed by atoms with Crippen molar-refractivity contribution in [2.45, 2.75) is 19.1 Å². The molecule has 0 aromatic heterocycles. The van der Waals surface area contributed by atoms with Gasteiger partial charge in [0.1, 0.15) is 11.6 Å². The summed E-state index contributed by atoms with van der Waals surface area (Å²) >= 11 is 0. The first-order chi connectivity index (χ1) is 13.5. The summed E-state index contributed by atoms with van der Waals surface area (Å²) in [6.45, 7) is 0.401. The molecule has 0 spiro atoms. The van der Waals surface area contributed by atoms with Gasteiger partial charge in [-0.1, -0.05) is 36.4 Å². The molecule has 0 saturated carbocycles. The van der Waals surface area contributed by atoms with E-state index in [-0.39, 0.29) is 11.7 Å². The van der Waals surface area contributed by atoms with Crippen LogP contribution in [0.25, 0.3) is 0 Å². The molecule has 0 aliphatic rings. The Hall–Kier alpha value is -3.05. The van der Waals surface area contributed by atoms with Gasteiger partial charge in [-0.05, 0) is 59.5 Å². The number of ether oxygens (including phenoxy) is 1. The van der Waals surface area contributed by atoms with E-state index in [1.807, 2.05) is 6.07 Å². The van der Waals surface area contributed by atoms with E-state index in [2.05, 4.69) is 5.32 Å². The first kappa shape index (κ1) is 19.7. The molecule has 3 aromatic carbocycles. The van der Waals surface area contributed by atoms with Gasteiger partial charge in [-0.25, -0.2) is 8.78 Å². The van der Waals surface area contributed by atoms with Gasteiger partial charge >= 0.3 is 0 Å². The lowest BCUT2D eigenvalue weighted by Gasteiger charge is -2.20. The van der Waals surface area contributed by atoms with Crippen LogP contribution in [0.2, 0.25) is 0 Å². The number of hydrogen-bond acceptors (Lipinski definition) is 2. The van der Waals surface area contributed by atoms with Crippen molar-refractivity contribution in [1.29, 1.82) is 0 Å². The maximum atomic E-state index is 13.7. The molecule has 0 aliphatic carbocycles. The van der Waals surface area contributed by atoms with Crippen molar-refractivity contribution in [2.75, 3.05) is 7.11 Å². The molecule has 1 N–H and O–H groups in total. The lowest BCUT2D eigenvalue weighted by atomic mass is 9.98. The number of benzene rings is 3. The molecule has 0 radical (unpaired) electrons. The molecule has 5 heteroatoms. The third-order valence-electron chi connectivity index (χ3n) is 4.39. The number of methoxy groups -OCH3 is 1. The highest BCUT2D eigenvalue weighted by atomic mass is 19.1. The van der Waals surface area contributed by atoms with Gasteiger partial charge in [0.05, 0.1) is 12.6 Å². The number of amides is 1. The van der Waals surface area contributed by atoms with E-state index in [4.69, 9.17) is 4.74 Å². The fourth-order valence-electron chi connectivity index (χ4n) is 3.09. The Kier molecular flexibility index (Phi) is 6.50. The molecule has 28 heavy (non-hydrogen) atoms. The molecule has 144 valence electrons. The second-order valence-electron chi connectivity index (χ2n) is 6.55. The van der Waals surface area contributed by atoms with E-state index in [1.54, 1.807) is 49.6 Å². The van der Waals surface area contributed by atoms with Crippen LogP contribution in [0.1, 0.15) is 33.1 Å². The SMILES string of the molecule is COCc1cccc(C(=O)NC(Cc2cccc(F)c2)c2cccc(F)c2)c1. The molecule has 0 heterocycles. The molecule has 0 saturated heterocycles. The zero-order valence-electron chi connectivity index (χ0n) is 15.5. The lowest BCUT2D eigenvalue weighted by Crippen LogP contribution is -2.30. The molecule has 0 fully saturated rings. The molecule has 1 unspecified atom stereocenters. The molecule has 1 atom stereocenters. The van der Waals surface area contributed by atoms with Crippen LogP contribution in [-0.4, -0.2) is 13.0 Å². The Morgan fingerprint density at radius 3 is 2.32 bits per heavy atom. The van der Waals surface area contributed by atoms with Crippen LogP contribution in [-0.2, 0) is 17.8 Å². The van der Waals surface area contributed by atoms with Gasteiger partial charge in [0, 0.05) is 12.7 Å². The second kappa shape index (κ2) is 9.24. The predicted octanol–water partition coefficient (Wildman–Crippen LogP) is 4.83. The Balaban J connectivity index is 1.86. The normalized spacial score (nSPS) is 11.8. The van der Waals surface area contributed by atoms with Crippen LogP contribution < -0.4 is 5.32 Å². The van der Waals surface area contributed by atoms with Crippen LogP contribution in [0.3, 0.4) is 0 Å². The summed E-state index contributed by atoms with van der Waals surface area (Å²) < 4.78 is 32.4. The molecule has 0 aliphatic heterocycles. The Labute approximate surface area is 163 Å². The molecular weight excluding hydrogens is 360 g/mol. The van der Waals surface area contributed by atoms with Gasteiger partial charge in [-0.2, -0.15) is 0 Å². The van der Waals surface area contributed by atoms with Crippen molar-refractivity contribution >= 4 is 5.91 Å². The Morgan fingerprint density at radius 1 is 0.929 bits per heavy atom. The molecular formula is C23H21F2NO2.